The zero-order valence-corrected chi connectivity index (χ0v) is 19.2. The lowest BCUT2D eigenvalue weighted by Crippen LogP contribution is -2.09. The molecular weight excluding hydrogens is 426 g/mol. The average molecular weight is 450 g/mol. The maximum absolute atomic E-state index is 11.8. The summed E-state index contributed by atoms with van der Waals surface area (Å²) in [6.45, 7) is 0.778. The zero-order chi connectivity index (χ0) is 21.4. The quantitative estimate of drug-likeness (QED) is 0.570. The SMILES string of the molecule is CN(C)Cc1cc(-c2ccc(S(C)(=O)=O)cc2)c(-c2ccc(S(C)(=O)=O)cc2)s1. The van der Waals surface area contributed by atoms with Crippen LogP contribution in [0.3, 0.4) is 0 Å². The summed E-state index contributed by atoms with van der Waals surface area (Å²) in [6.07, 6.45) is 2.38. The van der Waals surface area contributed by atoms with E-state index in [9.17, 15) is 16.8 Å². The largest absolute Gasteiger partial charge is 0.304 e. The van der Waals surface area contributed by atoms with E-state index < -0.39 is 19.7 Å². The molecule has 3 aromatic rings. The standard InChI is InChI=1S/C21H23NO4S3/c1-22(2)14-17-13-20(15-5-9-18(10-6-15)28(3,23)24)21(27-17)16-7-11-19(12-8-16)29(4,25)26/h5-13H,14H2,1-4H3. The third-order valence-electron chi connectivity index (χ3n) is 4.39. The van der Waals surface area contributed by atoms with E-state index in [1.54, 1.807) is 35.6 Å². The van der Waals surface area contributed by atoms with E-state index in [0.29, 0.717) is 0 Å². The minimum Gasteiger partial charge on any atom is -0.304 e. The number of rotatable bonds is 6. The predicted octanol–water partition coefficient (Wildman–Crippen LogP) is 3.95. The van der Waals surface area contributed by atoms with Gasteiger partial charge in [-0.05, 0) is 55.6 Å². The van der Waals surface area contributed by atoms with Gasteiger partial charge in [0, 0.05) is 34.4 Å². The Bertz CT molecular complexity index is 1130. The second kappa shape index (κ2) is 8.02. The molecule has 1 aromatic heterocycles. The van der Waals surface area contributed by atoms with Crippen LogP contribution in [0.2, 0.25) is 0 Å². The number of nitrogens with zero attached hydrogens (tertiary/aromatic N) is 1. The summed E-state index contributed by atoms with van der Waals surface area (Å²) in [5, 5.41) is 0. The molecule has 0 aliphatic rings. The van der Waals surface area contributed by atoms with Gasteiger partial charge < -0.3 is 4.90 Å². The zero-order valence-electron chi connectivity index (χ0n) is 16.7. The van der Waals surface area contributed by atoms with Crippen molar-refractivity contribution in [2.45, 2.75) is 16.3 Å². The van der Waals surface area contributed by atoms with Crippen molar-refractivity contribution in [1.82, 2.24) is 4.90 Å². The lowest BCUT2D eigenvalue weighted by Gasteiger charge is -2.07. The molecular formula is C21H23NO4S3. The molecule has 5 nitrogen and oxygen atoms in total. The fourth-order valence-electron chi connectivity index (χ4n) is 3.00. The van der Waals surface area contributed by atoms with E-state index in [4.69, 9.17) is 0 Å². The van der Waals surface area contributed by atoms with E-state index in [1.165, 1.54) is 17.4 Å². The van der Waals surface area contributed by atoms with Crippen LogP contribution < -0.4 is 0 Å². The van der Waals surface area contributed by atoms with Crippen LogP contribution in [0.5, 0.6) is 0 Å². The van der Waals surface area contributed by atoms with Crippen molar-refractivity contribution in [2.75, 3.05) is 26.6 Å². The first-order chi connectivity index (χ1) is 13.4. The van der Waals surface area contributed by atoms with Crippen molar-refractivity contribution < 1.29 is 16.8 Å². The minimum absolute atomic E-state index is 0.282. The van der Waals surface area contributed by atoms with Gasteiger partial charge in [0.2, 0.25) is 0 Å². The van der Waals surface area contributed by atoms with Gasteiger partial charge in [-0.3, -0.25) is 0 Å². The topological polar surface area (TPSA) is 71.5 Å². The monoisotopic (exact) mass is 449 g/mol. The van der Waals surface area contributed by atoms with Crippen LogP contribution in [0, 0.1) is 0 Å². The van der Waals surface area contributed by atoms with Crippen molar-refractivity contribution in [3.05, 3.63) is 59.5 Å². The second-order valence-electron chi connectivity index (χ2n) is 7.29. The van der Waals surface area contributed by atoms with Crippen molar-refractivity contribution >= 4 is 31.0 Å². The first-order valence-corrected chi connectivity index (χ1v) is 13.4. The molecule has 29 heavy (non-hydrogen) atoms. The van der Waals surface area contributed by atoms with E-state index in [2.05, 4.69) is 11.0 Å². The van der Waals surface area contributed by atoms with Crippen LogP contribution in [0.1, 0.15) is 4.88 Å². The fourth-order valence-corrected chi connectivity index (χ4v) is 5.56. The van der Waals surface area contributed by atoms with Crippen LogP contribution in [0.25, 0.3) is 21.6 Å². The Balaban J connectivity index is 2.10. The van der Waals surface area contributed by atoms with Crippen molar-refractivity contribution in [3.63, 3.8) is 0 Å². The van der Waals surface area contributed by atoms with Gasteiger partial charge >= 0.3 is 0 Å². The Labute approximate surface area is 176 Å². The van der Waals surface area contributed by atoms with E-state index in [1.807, 2.05) is 38.4 Å². The molecule has 0 aliphatic heterocycles. The Hall–Kier alpha value is -2.00. The highest BCUT2D eigenvalue weighted by molar-refractivity contribution is 7.91. The molecule has 0 atom stereocenters. The van der Waals surface area contributed by atoms with Crippen LogP contribution in [-0.4, -0.2) is 48.3 Å². The molecule has 8 heteroatoms. The van der Waals surface area contributed by atoms with Gasteiger partial charge in [-0.2, -0.15) is 0 Å². The number of thiophene rings is 1. The summed E-state index contributed by atoms with van der Waals surface area (Å²) in [5.74, 6) is 0. The lowest BCUT2D eigenvalue weighted by molar-refractivity contribution is 0.406. The summed E-state index contributed by atoms with van der Waals surface area (Å²) in [5.41, 5.74) is 2.84. The van der Waals surface area contributed by atoms with Gasteiger partial charge in [-0.25, -0.2) is 16.8 Å². The molecule has 3 rings (SSSR count). The van der Waals surface area contributed by atoms with Crippen LogP contribution in [-0.2, 0) is 26.2 Å². The highest BCUT2D eigenvalue weighted by Crippen LogP contribution is 2.40. The van der Waals surface area contributed by atoms with Crippen LogP contribution in [0.4, 0.5) is 0 Å². The Kier molecular flexibility index (Phi) is 6.01. The highest BCUT2D eigenvalue weighted by atomic mass is 32.2. The van der Waals surface area contributed by atoms with E-state index in [0.717, 1.165) is 28.1 Å². The molecule has 0 saturated heterocycles. The maximum Gasteiger partial charge on any atom is 0.175 e. The number of sulfone groups is 2. The van der Waals surface area contributed by atoms with Gasteiger partial charge in [0.25, 0.3) is 0 Å². The summed E-state index contributed by atoms with van der Waals surface area (Å²) in [4.78, 5) is 4.83. The number of benzene rings is 2. The molecule has 1 heterocycles. The lowest BCUT2D eigenvalue weighted by atomic mass is 10.0. The first kappa shape index (κ1) is 21.7. The number of hydrogen-bond acceptors (Lipinski definition) is 6. The third kappa shape index (κ3) is 5.14. The third-order valence-corrected chi connectivity index (χ3v) is 7.82. The molecule has 0 aliphatic carbocycles. The molecule has 0 amide bonds. The van der Waals surface area contributed by atoms with Crippen molar-refractivity contribution in [3.8, 4) is 21.6 Å². The Morgan fingerprint density at radius 1 is 0.759 bits per heavy atom. The molecule has 0 fully saturated rings. The predicted molar refractivity (Wildman–Crippen MR) is 119 cm³/mol. The molecule has 0 saturated carbocycles. The van der Waals surface area contributed by atoms with Crippen molar-refractivity contribution in [1.29, 1.82) is 0 Å². The molecule has 0 radical (unpaired) electrons. The highest BCUT2D eigenvalue weighted by Gasteiger charge is 2.16. The molecule has 154 valence electrons. The van der Waals surface area contributed by atoms with E-state index >= 15 is 0 Å². The smallest absolute Gasteiger partial charge is 0.175 e. The molecule has 0 bridgehead atoms. The Morgan fingerprint density at radius 3 is 1.62 bits per heavy atom. The molecule has 2 aromatic carbocycles. The fraction of sp³-hybridized carbons (Fsp3) is 0.238. The summed E-state index contributed by atoms with van der Waals surface area (Å²) in [6, 6.07) is 15.8. The summed E-state index contributed by atoms with van der Waals surface area (Å²) in [7, 11) is -2.51. The molecule has 0 unspecified atom stereocenters. The van der Waals surface area contributed by atoms with Gasteiger partial charge in [-0.1, -0.05) is 24.3 Å². The summed E-state index contributed by atoms with van der Waals surface area (Å²) >= 11 is 1.65. The van der Waals surface area contributed by atoms with Crippen LogP contribution in [0.15, 0.2) is 64.4 Å². The van der Waals surface area contributed by atoms with Gasteiger partial charge in [0.05, 0.1) is 9.79 Å². The minimum atomic E-state index is -3.25. The maximum atomic E-state index is 11.8. The van der Waals surface area contributed by atoms with Gasteiger partial charge in [-0.15, -0.1) is 11.3 Å². The van der Waals surface area contributed by atoms with Crippen molar-refractivity contribution in [2.24, 2.45) is 0 Å². The number of hydrogen-bond donors (Lipinski definition) is 0. The van der Waals surface area contributed by atoms with Gasteiger partial charge in [0.15, 0.2) is 19.7 Å². The average Bonchev–Trinajstić information content (AvgIpc) is 3.03. The van der Waals surface area contributed by atoms with Gasteiger partial charge in [0.1, 0.15) is 0 Å². The Morgan fingerprint density at radius 2 is 1.21 bits per heavy atom. The molecule has 0 N–H and O–H groups in total. The normalized spacial score (nSPS) is 12.4. The van der Waals surface area contributed by atoms with E-state index in [-0.39, 0.29) is 9.79 Å². The van der Waals surface area contributed by atoms with Crippen LogP contribution >= 0.6 is 11.3 Å². The first-order valence-electron chi connectivity index (χ1n) is 8.83. The molecule has 0 spiro atoms. The summed E-state index contributed by atoms with van der Waals surface area (Å²) < 4.78 is 47.0. The second-order valence-corrected chi connectivity index (χ2v) is 12.5.